The molecule has 1 heterocycles. The molecule has 0 unspecified atom stereocenters. The van der Waals surface area contributed by atoms with Gasteiger partial charge in [-0.25, -0.2) is 0 Å². The highest BCUT2D eigenvalue weighted by molar-refractivity contribution is 9.10. The molecule has 1 aromatic heterocycles. The summed E-state index contributed by atoms with van der Waals surface area (Å²) in [6.45, 7) is 13.6. The van der Waals surface area contributed by atoms with E-state index < -0.39 is 0 Å². The molecule has 0 aliphatic heterocycles. The van der Waals surface area contributed by atoms with E-state index in [9.17, 15) is 0 Å². The van der Waals surface area contributed by atoms with Gasteiger partial charge in [-0.2, -0.15) is 0 Å². The summed E-state index contributed by atoms with van der Waals surface area (Å²) >= 11 is 3.67. The molecule has 0 saturated carbocycles. The molecule has 0 amide bonds. The molecule has 1 nitrogen and oxygen atoms in total. The molecular formula is C26H28BrN. The van der Waals surface area contributed by atoms with Crippen LogP contribution in [0.5, 0.6) is 0 Å². The van der Waals surface area contributed by atoms with Gasteiger partial charge in [-0.3, -0.25) is 0 Å². The predicted octanol–water partition coefficient (Wildman–Crippen LogP) is 8.14. The van der Waals surface area contributed by atoms with Gasteiger partial charge in [0.2, 0.25) is 0 Å². The minimum Gasteiger partial charge on any atom is -0.309 e. The lowest BCUT2D eigenvalue weighted by molar-refractivity contribution is 0.590. The highest BCUT2D eigenvalue weighted by atomic mass is 79.9. The van der Waals surface area contributed by atoms with E-state index in [0.29, 0.717) is 0 Å². The fraction of sp³-hybridized carbons (Fsp3) is 0.308. The van der Waals surface area contributed by atoms with Crippen LogP contribution in [0, 0.1) is 0 Å². The van der Waals surface area contributed by atoms with Gasteiger partial charge in [-0.1, -0.05) is 81.7 Å². The summed E-state index contributed by atoms with van der Waals surface area (Å²) in [4.78, 5) is 0. The number of nitrogens with zero attached hydrogens (tertiary/aromatic N) is 1. The first-order valence-electron chi connectivity index (χ1n) is 9.91. The standard InChI is InChI=1S/C26H28BrN/c1-25(2,3)17-7-11-20(12-8-17)28-23-14-9-18(26(4,5)6)15-22(23)21-13-10-19(27)16-24(21)28/h7-16H,1-6H3. The van der Waals surface area contributed by atoms with Gasteiger partial charge in [-0.15, -0.1) is 0 Å². The number of fused-ring (bicyclic) bond motifs is 3. The van der Waals surface area contributed by atoms with E-state index in [4.69, 9.17) is 0 Å². The van der Waals surface area contributed by atoms with Gasteiger partial charge in [0, 0.05) is 20.9 Å². The summed E-state index contributed by atoms with van der Waals surface area (Å²) < 4.78 is 3.49. The normalized spacial score (nSPS) is 12.8. The molecule has 3 aromatic carbocycles. The second kappa shape index (κ2) is 6.49. The summed E-state index contributed by atoms with van der Waals surface area (Å²) in [5.41, 5.74) is 6.70. The Morgan fingerprint density at radius 1 is 0.607 bits per heavy atom. The first-order chi connectivity index (χ1) is 13.1. The van der Waals surface area contributed by atoms with Gasteiger partial charge in [0.25, 0.3) is 0 Å². The van der Waals surface area contributed by atoms with Gasteiger partial charge in [0.1, 0.15) is 0 Å². The quantitative estimate of drug-likeness (QED) is 0.285. The third kappa shape index (κ3) is 3.28. The average molecular weight is 434 g/mol. The maximum absolute atomic E-state index is 3.67. The van der Waals surface area contributed by atoms with Gasteiger partial charge in [0.15, 0.2) is 0 Å². The first-order valence-corrected chi connectivity index (χ1v) is 10.7. The third-order valence-electron chi connectivity index (χ3n) is 5.59. The van der Waals surface area contributed by atoms with Crippen molar-refractivity contribution >= 4 is 37.7 Å². The SMILES string of the molecule is CC(C)(C)c1ccc(-n2c3ccc(C(C)(C)C)cc3c3ccc(Br)cc32)cc1. The second-order valence-corrected chi connectivity index (χ2v) is 10.7. The highest BCUT2D eigenvalue weighted by Gasteiger charge is 2.19. The number of benzene rings is 3. The molecule has 0 aliphatic carbocycles. The van der Waals surface area contributed by atoms with Crippen molar-refractivity contribution in [1.29, 1.82) is 0 Å². The zero-order valence-electron chi connectivity index (χ0n) is 17.6. The van der Waals surface area contributed by atoms with Crippen LogP contribution in [-0.2, 0) is 10.8 Å². The van der Waals surface area contributed by atoms with Gasteiger partial charge in [-0.05, 0) is 58.4 Å². The van der Waals surface area contributed by atoms with Crippen molar-refractivity contribution in [3.05, 3.63) is 76.3 Å². The van der Waals surface area contributed by atoms with E-state index in [1.165, 1.54) is 38.6 Å². The summed E-state index contributed by atoms with van der Waals surface area (Å²) in [5.74, 6) is 0. The highest BCUT2D eigenvalue weighted by Crippen LogP contribution is 2.36. The Hall–Kier alpha value is -2.06. The Balaban J connectivity index is 2.02. The number of rotatable bonds is 1. The molecule has 2 heteroatoms. The van der Waals surface area contributed by atoms with Crippen LogP contribution >= 0.6 is 15.9 Å². The second-order valence-electron chi connectivity index (χ2n) is 9.78. The Morgan fingerprint density at radius 3 is 1.82 bits per heavy atom. The molecule has 0 atom stereocenters. The molecule has 4 rings (SSSR count). The average Bonchev–Trinajstić information content (AvgIpc) is 2.93. The van der Waals surface area contributed by atoms with Gasteiger partial charge >= 0.3 is 0 Å². The van der Waals surface area contributed by atoms with Crippen LogP contribution in [0.15, 0.2) is 65.1 Å². The summed E-state index contributed by atoms with van der Waals surface area (Å²) in [6.07, 6.45) is 0. The van der Waals surface area contributed by atoms with Gasteiger partial charge < -0.3 is 4.57 Å². The number of hydrogen-bond acceptors (Lipinski definition) is 0. The van der Waals surface area contributed by atoms with Crippen molar-refractivity contribution in [1.82, 2.24) is 4.57 Å². The van der Waals surface area contributed by atoms with Crippen molar-refractivity contribution < 1.29 is 0 Å². The Bertz CT molecular complexity index is 1170. The lowest BCUT2D eigenvalue weighted by Crippen LogP contribution is -2.11. The van der Waals surface area contributed by atoms with Crippen LogP contribution in [0.25, 0.3) is 27.5 Å². The topological polar surface area (TPSA) is 4.93 Å². The van der Waals surface area contributed by atoms with Crippen LogP contribution < -0.4 is 0 Å². The smallest absolute Gasteiger partial charge is 0.0552 e. The third-order valence-corrected chi connectivity index (χ3v) is 6.08. The molecule has 28 heavy (non-hydrogen) atoms. The predicted molar refractivity (Wildman–Crippen MR) is 126 cm³/mol. The van der Waals surface area contributed by atoms with Crippen molar-refractivity contribution in [2.24, 2.45) is 0 Å². The molecule has 0 radical (unpaired) electrons. The maximum Gasteiger partial charge on any atom is 0.0552 e. The van der Waals surface area contributed by atoms with E-state index in [-0.39, 0.29) is 10.8 Å². The van der Waals surface area contributed by atoms with Crippen molar-refractivity contribution in [2.75, 3.05) is 0 Å². The van der Waals surface area contributed by atoms with Crippen molar-refractivity contribution in [3.63, 3.8) is 0 Å². The number of aromatic nitrogens is 1. The molecule has 0 N–H and O–H groups in total. The summed E-state index contributed by atoms with van der Waals surface area (Å²) in [5, 5.41) is 2.61. The molecule has 4 aromatic rings. The van der Waals surface area contributed by atoms with Crippen LogP contribution in [0.4, 0.5) is 0 Å². The molecule has 0 aliphatic rings. The maximum atomic E-state index is 3.67. The molecule has 0 fully saturated rings. The van der Waals surface area contributed by atoms with Crippen LogP contribution in [0.2, 0.25) is 0 Å². The number of halogens is 1. The van der Waals surface area contributed by atoms with E-state index in [1.807, 2.05) is 0 Å². The monoisotopic (exact) mass is 433 g/mol. The zero-order valence-corrected chi connectivity index (χ0v) is 19.2. The van der Waals surface area contributed by atoms with E-state index in [1.54, 1.807) is 0 Å². The van der Waals surface area contributed by atoms with Crippen LogP contribution in [-0.4, -0.2) is 4.57 Å². The first kappa shape index (κ1) is 19.3. The lowest BCUT2D eigenvalue weighted by atomic mass is 9.86. The summed E-state index contributed by atoms with van der Waals surface area (Å²) in [6, 6.07) is 22.5. The fourth-order valence-electron chi connectivity index (χ4n) is 3.85. The van der Waals surface area contributed by atoms with Gasteiger partial charge in [0.05, 0.1) is 11.0 Å². The van der Waals surface area contributed by atoms with Crippen molar-refractivity contribution in [3.8, 4) is 5.69 Å². The molecule has 0 spiro atoms. The Kier molecular flexibility index (Phi) is 4.46. The Labute approximate surface area is 176 Å². The molecule has 0 bridgehead atoms. The molecular weight excluding hydrogens is 406 g/mol. The lowest BCUT2D eigenvalue weighted by Gasteiger charge is -2.20. The van der Waals surface area contributed by atoms with Crippen molar-refractivity contribution in [2.45, 2.75) is 52.4 Å². The van der Waals surface area contributed by atoms with Crippen LogP contribution in [0.1, 0.15) is 52.7 Å². The van der Waals surface area contributed by atoms with Crippen LogP contribution in [0.3, 0.4) is 0 Å². The Morgan fingerprint density at radius 2 is 1.21 bits per heavy atom. The minimum atomic E-state index is 0.131. The van der Waals surface area contributed by atoms with E-state index in [0.717, 1.165) is 4.47 Å². The minimum absolute atomic E-state index is 0.131. The fourth-order valence-corrected chi connectivity index (χ4v) is 4.20. The number of hydrogen-bond donors (Lipinski definition) is 0. The largest absolute Gasteiger partial charge is 0.309 e. The van der Waals surface area contributed by atoms with E-state index in [2.05, 4.69) is 123 Å². The summed E-state index contributed by atoms with van der Waals surface area (Å²) in [7, 11) is 0. The molecule has 0 saturated heterocycles. The zero-order chi connectivity index (χ0) is 20.3. The molecule has 144 valence electrons. The van der Waals surface area contributed by atoms with E-state index >= 15 is 0 Å².